The number of rotatable bonds is 9. The van der Waals surface area contributed by atoms with Gasteiger partial charge < -0.3 is 14.4 Å². The molecule has 0 spiro atoms. The Hall–Kier alpha value is -2.49. The lowest BCUT2D eigenvalue weighted by Crippen LogP contribution is -2.35. The predicted octanol–water partition coefficient (Wildman–Crippen LogP) is 3.81. The number of fused-ring (bicyclic) bond motifs is 1. The Bertz CT molecular complexity index is 1060. The summed E-state index contributed by atoms with van der Waals surface area (Å²) in [6.45, 7) is -2.71. The molecule has 9 heteroatoms. The Morgan fingerprint density at radius 1 is 1.10 bits per heavy atom. The zero-order valence-corrected chi connectivity index (χ0v) is 18.5. The lowest BCUT2D eigenvalue weighted by atomic mass is 9.97. The average Bonchev–Trinajstić information content (AvgIpc) is 2.73. The van der Waals surface area contributed by atoms with Crippen molar-refractivity contribution in [3.8, 4) is 11.5 Å². The second-order valence-electron chi connectivity index (χ2n) is 7.46. The van der Waals surface area contributed by atoms with Gasteiger partial charge in [-0.25, -0.2) is 13.1 Å². The molecular formula is C22H26F2N2O4S. The van der Waals surface area contributed by atoms with Crippen LogP contribution in [0.2, 0.25) is 0 Å². The molecule has 0 fully saturated rings. The van der Waals surface area contributed by atoms with E-state index in [2.05, 4.69) is 9.46 Å². The molecule has 0 saturated heterocycles. The zero-order valence-electron chi connectivity index (χ0n) is 17.6. The summed E-state index contributed by atoms with van der Waals surface area (Å²) in [5, 5.41) is 0. The highest BCUT2D eigenvalue weighted by atomic mass is 32.2. The maximum atomic E-state index is 12.9. The summed E-state index contributed by atoms with van der Waals surface area (Å²) in [6.07, 6.45) is 2.30. The minimum absolute atomic E-state index is 0.0682. The number of sulfonamides is 1. The molecule has 168 valence electrons. The third kappa shape index (κ3) is 5.81. The summed E-state index contributed by atoms with van der Waals surface area (Å²) < 4.78 is 63.1. The first-order valence-corrected chi connectivity index (χ1v) is 11.3. The molecule has 0 heterocycles. The van der Waals surface area contributed by atoms with Crippen LogP contribution in [0, 0.1) is 0 Å². The number of nitrogens with zero attached hydrogens (tertiary/aromatic N) is 1. The van der Waals surface area contributed by atoms with Crippen molar-refractivity contribution in [2.45, 2.75) is 25.5 Å². The normalized spacial score (nSPS) is 14.9. The summed E-state index contributed by atoms with van der Waals surface area (Å²) in [5.41, 5.74) is 2.39. The van der Waals surface area contributed by atoms with E-state index in [0.717, 1.165) is 11.1 Å². The Kier molecular flexibility index (Phi) is 7.30. The van der Waals surface area contributed by atoms with Gasteiger partial charge in [-0.1, -0.05) is 18.2 Å². The maximum absolute atomic E-state index is 12.9. The number of hydrogen-bond acceptors (Lipinski definition) is 5. The van der Waals surface area contributed by atoms with Gasteiger partial charge in [-0.15, -0.1) is 0 Å². The summed E-state index contributed by atoms with van der Waals surface area (Å²) >= 11 is 0. The number of allylic oxidation sites excluding steroid dienone is 1. The molecule has 1 aliphatic rings. The predicted molar refractivity (Wildman–Crippen MR) is 116 cm³/mol. The van der Waals surface area contributed by atoms with E-state index in [9.17, 15) is 17.2 Å². The van der Waals surface area contributed by atoms with Crippen LogP contribution in [0.3, 0.4) is 0 Å². The van der Waals surface area contributed by atoms with Crippen molar-refractivity contribution in [3.63, 3.8) is 0 Å². The van der Waals surface area contributed by atoms with Gasteiger partial charge >= 0.3 is 6.61 Å². The highest BCUT2D eigenvalue weighted by molar-refractivity contribution is 7.93. The van der Waals surface area contributed by atoms with Crippen LogP contribution in [0.1, 0.15) is 29.2 Å². The number of hydrogen-bond donors (Lipinski definition) is 1. The molecule has 6 nitrogen and oxygen atoms in total. The van der Waals surface area contributed by atoms with Crippen LogP contribution in [0.15, 0.2) is 47.4 Å². The molecule has 0 saturated carbocycles. The largest absolute Gasteiger partial charge is 0.497 e. The van der Waals surface area contributed by atoms with Crippen LogP contribution < -0.4 is 14.2 Å². The van der Waals surface area contributed by atoms with Gasteiger partial charge in [-0.2, -0.15) is 8.78 Å². The topological polar surface area (TPSA) is 67.9 Å². The monoisotopic (exact) mass is 452 g/mol. The Labute approximate surface area is 181 Å². The fraction of sp³-hybridized carbons (Fsp3) is 0.364. The number of benzene rings is 2. The van der Waals surface area contributed by atoms with Gasteiger partial charge in [0.2, 0.25) is 10.0 Å². The van der Waals surface area contributed by atoms with Crippen LogP contribution >= 0.6 is 0 Å². The minimum atomic E-state index is -3.71. The molecule has 0 bridgehead atoms. The number of halogens is 2. The van der Waals surface area contributed by atoms with Crippen LogP contribution in [0.25, 0.3) is 6.08 Å². The highest BCUT2D eigenvalue weighted by Gasteiger charge is 2.24. The molecular weight excluding hydrogens is 426 g/mol. The molecule has 0 aromatic heterocycles. The second-order valence-corrected chi connectivity index (χ2v) is 9.28. The van der Waals surface area contributed by atoms with Crippen LogP contribution in [-0.2, 0) is 16.4 Å². The van der Waals surface area contributed by atoms with E-state index in [1.807, 2.05) is 43.3 Å². The van der Waals surface area contributed by atoms with Crippen LogP contribution in [0.5, 0.6) is 11.5 Å². The van der Waals surface area contributed by atoms with Gasteiger partial charge in [0.1, 0.15) is 11.5 Å². The van der Waals surface area contributed by atoms with Crippen molar-refractivity contribution >= 4 is 16.1 Å². The van der Waals surface area contributed by atoms with E-state index in [1.54, 1.807) is 19.3 Å². The number of alkyl halides is 2. The SMILES string of the molecule is COc1cccc(C(CNS(=O)(=O)C2=Cc3ccc(OC(F)F)cc3CC2)N(C)C)c1. The van der Waals surface area contributed by atoms with Crippen LogP contribution in [-0.4, -0.2) is 47.7 Å². The molecule has 0 aliphatic heterocycles. The summed E-state index contributed by atoms with van der Waals surface area (Å²) in [7, 11) is 1.65. The van der Waals surface area contributed by atoms with Crippen molar-refractivity contribution in [2.75, 3.05) is 27.7 Å². The third-order valence-corrected chi connectivity index (χ3v) is 6.77. The van der Waals surface area contributed by atoms with Gasteiger partial charge in [-0.05, 0) is 74.0 Å². The average molecular weight is 453 g/mol. The Morgan fingerprint density at radius 3 is 2.55 bits per heavy atom. The van der Waals surface area contributed by atoms with Crippen molar-refractivity contribution < 1.29 is 26.7 Å². The summed E-state index contributed by atoms with van der Waals surface area (Å²) in [5.74, 6) is 0.771. The van der Waals surface area contributed by atoms with Gasteiger partial charge in [0.15, 0.2) is 0 Å². The lowest BCUT2D eigenvalue weighted by Gasteiger charge is -2.26. The van der Waals surface area contributed by atoms with Gasteiger partial charge in [0, 0.05) is 12.6 Å². The van der Waals surface area contributed by atoms with E-state index in [1.165, 1.54) is 12.1 Å². The van der Waals surface area contributed by atoms with Gasteiger partial charge in [0.05, 0.1) is 12.0 Å². The van der Waals surface area contributed by atoms with E-state index in [-0.39, 0.29) is 29.7 Å². The number of ether oxygens (including phenoxy) is 2. The first-order valence-electron chi connectivity index (χ1n) is 9.78. The summed E-state index contributed by atoms with van der Waals surface area (Å²) in [6, 6.07) is 11.9. The minimum Gasteiger partial charge on any atom is -0.497 e. The van der Waals surface area contributed by atoms with E-state index < -0.39 is 16.6 Å². The van der Waals surface area contributed by atoms with Crippen molar-refractivity contribution in [1.29, 1.82) is 0 Å². The second kappa shape index (κ2) is 9.76. The van der Waals surface area contributed by atoms with Gasteiger partial charge in [0.25, 0.3) is 0 Å². The standard InChI is InChI=1S/C22H26F2N2O4S/c1-26(2)21(17-5-4-6-18(12-17)29-3)14-25-31(27,28)20-10-8-15-11-19(30-22(23)24)9-7-16(15)13-20/h4-7,9,11-13,21-22,25H,8,10,14H2,1-3H3. The molecule has 1 aliphatic carbocycles. The molecule has 2 aromatic carbocycles. The third-order valence-electron chi connectivity index (χ3n) is 5.21. The molecule has 2 aromatic rings. The number of nitrogens with one attached hydrogen (secondary N) is 1. The molecule has 1 atom stereocenters. The fourth-order valence-electron chi connectivity index (χ4n) is 3.56. The van der Waals surface area contributed by atoms with Crippen molar-refractivity contribution in [2.24, 2.45) is 0 Å². The number of methoxy groups -OCH3 is 1. The van der Waals surface area contributed by atoms with E-state index in [0.29, 0.717) is 17.7 Å². The smallest absolute Gasteiger partial charge is 0.387 e. The quantitative estimate of drug-likeness (QED) is 0.627. The van der Waals surface area contributed by atoms with Crippen LogP contribution in [0.4, 0.5) is 8.78 Å². The summed E-state index contributed by atoms with van der Waals surface area (Å²) in [4.78, 5) is 2.21. The number of likely N-dealkylation sites (N-methyl/N-ethyl adjacent to an activating group) is 1. The molecule has 1 N–H and O–H groups in total. The Morgan fingerprint density at radius 2 is 1.87 bits per heavy atom. The maximum Gasteiger partial charge on any atom is 0.387 e. The molecule has 0 radical (unpaired) electrons. The fourth-order valence-corrected chi connectivity index (χ4v) is 4.78. The van der Waals surface area contributed by atoms with Crippen molar-refractivity contribution in [3.05, 3.63) is 64.1 Å². The highest BCUT2D eigenvalue weighted by Crippen LogP contribution is 2.30. The van der Waals surface area contributed by atoms with Crippen molar-refractivity contribution in [1.82, 2.24) is 9.62 Å². The first-order chi connectivity index (χ1) is 14.7. The molecule has 3 rings (SSSR count). The van der Waals surface area contributed by atoms with E-state index in [4.69, 9.17) is 4.74 Å². The molecule has 0 amide bonds. The number of aryl methyl sites for hydroxylation is 1. The molecule has 31 heavy (non-hydrogen) atoms. The molecule has 1 unspecified atom stereocenters. The van der Waals surface area contributed by atoms with Gasteiger partial charge in [-0.3, -0.25) is 0 Å². The Balaban J connectivity index is 1.76. The zero-order chi connectivity index (χ0) is 22.6. The first kappa shape index (κ1) is 23.2. The lowest BCUT2D eigenvalue weighted by molar-refractivity contribution is -0.0498. The van der Waals surface area contributed by atoms with E-state index >= 15 is 0 Å².